The van der Waals surface area contributed by atoms with Crippen molar-refractivity contribution < 1.29 is 19.4 Å². The molecule has 0 saturated heterocycles. The van der Waals surface area contributed by atoms with E-state index in [1.165, 1.54) is 0 Å². The van der Waals surface area contributed by atoms with Crippen LogP contribution in [0.25, 0.3) is 11.3 Å². The van der Waals surface area contributed by atoms with E-state index < -0.39 is 5.97 Å². The summed E-state index contributed by atoms with van der Waals surface area (Å²) >= 11 is 0. The lowest BCUT2D eigenvalue weighted by molar-refractivity contribution is -0.136. The Morgan fingerprint density at radius 3 is 2.83 bits per heavy atom. The first-order valence-electron chi connectivity index (χ1n) is 7.53. The molecule has 0 amide bonds. The van der Waals surface area contributed by atoms with Gasteiger partial charge in [-0.15, -0.1) is 0 Å². The second-order valence-corrected chi connectivity index (χ2v) is 5.37. The molecule has 2 heterocycles. The molecule has 23 heavy (non-hydrogen) atoms. The number of nitrogens with zero attached hydrogens (tertiary/aromatic N) is 2. The fourth-order valence-electron chi connectivity index (χ4n) is 2.83. The first kappa shape index (κ1) is 15.1. The lowest BCUT2D eigenvalue weighted by atomic mass is 10.1. The molecule has 0 bridgehead atoms. The number of esters is 1. The fourth-order valence-corrected chi connectivity index (χ4v) is 2.83. The number of hydrogen-bond donors (Lipinski definition) is 1. The predicted octanol–water partition coefficient (Wildman–Crippen LogP) is 2.58. The van der Waals surface area contributed by atoms with Gasteiger partial charge in [0.15, 0.2) is 0 Å². The monoisotopic (exact) mass is 314 g/mol. The van der Waals surface area contributed by atoms with E-state index in [9.17, 15) is 9.59 Å². The molecular weight excluding hydrogens is 296 g/mol. The van der Waals surface area contributed by atoms with Crippen LogP contribution in [0.4, 0.5) is 5.69 Å². The first-order valence-corrected chi connectivity index (χ1v) is 7.53. The van der Waals surface area contributed by atoms with Crippen LogP contribution >= 0.6 is 0 Å². The standard InChI is InChI=1S/C17H18N2O4/c1-2-23-17(22)12-9-15-13-5-3-4-6-14(13)18(8-7-16(20)21)11-19(15)10-12/h3-6,9-10H,2,7-8,11H2,1H3,(H,20,21). The number of rotatable bonds is 5. The van der Waals surface area contributed by atoms with Crippen molar-refractivity contribution in [1.29, 1.82) is 0 Å². The smallest absolute Gasteiger partial charge is 0.339 e. The van der Waals surface area contributed by atoms with Crippen molar-refractivity contribution in [2.75, 3.05) is 18.1 Å². The number of para-hydroxylation sites is 1. The number of hydrogen-bond acceptors (Lipinski definition) is 4. The SMILES string of the molecule is CCOC(=O)c1cc2n(c1)CN(CCC(=O)O)c1ccccc1-2. The highest BCUT2D eigenvalue weighted by atomic mass is 16.5. The highest BCUT2D eigenvalue weighted by Gasteiger charge is 2.24. The van der Waals surface area contributed by atoms with Crippen LogP contribution in [0.15, 0.2) is 36.5 Å². The van der Waals surface area contributed by atoms with Crippen LogP contribution < -0.4 is 4.90 Å². The number of carboxylic acid groups (broad SMARTS) is 1. The number of fused-ring (bicyclic) bond motifs is 3. The molecule has 0 atom stereocenters. The maximum absolute atomic E-state index is 11.9. The number of aromatic nitrogens is 1. The highest BCUT2D eigenvalue weighted by molar-refractivity contribution is 5.92. The van der Waals surface area contributed by atoms with Crippen molar-refractivity contribution in [1.82, 2.24) is 4.57 Å². The molecular formula is C17H18N2O4. The minimum absolute atomic E-state index is 0.0651. The summed E-state index contributed by atoms with van der Waals surface area (Å²) in [6.07, 6.45) is 1.83. The Kier molecular flexibility index (Phi) is 4.06. The van der Waals surface area contributed by atoms with E-state index >= 15 is 0 Å². The number of anilines is 1. The van der Waals surface area contributed by atoms with Crippen LogP contribution in [-0.2, 0) is 16.2 Å². The number of ether oxygens (including phenoxy) is 1. The van der Waals surface area contributed by atoms with Gasteiger partial charge in [-0.05, 0) is 19.1 Å². The topological polar surface area (TPSA) is 71.8 Å². The van der Waals surface area contributed by atoms with Gasteiger partial charge in [-0.25, -0.2) is 4.79 Å². The van der Waals surface area contributed by atoms with Gasteiger partial charge in [0.05, 0.1) is 31.0 Å². The summed E-state index contributed by atoms with van der Waals surface area (Å²) in [4.78, 5) is 24.8. The van der Waals surface area contributed by atoms with Gasteiger partial charge in [0, 0.05) is 24.0 Å². The average molecular weight is 314 g/mol. The molecule has 120 valence electrons. The van der Waals surface area contributed by atoms with Crippen LogP contribution in [0.2, 0.25) is 0 Å². The summed E-state index contributed by atoms with van der Waals surface area (Å²) in [6, 6.07) is 9.63. The number of carbonyl (C=O) groups is 2. The third-order valence-electron chi connectivity index (χ3n) is 3.85. The summed E-state index contributed by atoms with van der Waals surface area (Å²) in [5.41, 5.74) is 3.42. The molecule has 0 spiro atoms. The zero-order chi connectivity index (χ0) is 16.4. The van der Waals surface area contributed by atoms with E-state index in [1.807, 2.05) is 39.8 Å². The largest absolute Gasteiger partial charge is 0.481 e. The number of carboxylic acids is 1. The van der Waals surface area contributed by atoms with Gasteiger partial charge in [0.2, 0.25) is 0 Å². The van der Waals surface area contributed by atoms with Gasteiger partial charge in [-0.3, -0.25) is 4.79 Å². The molecule has 3 rings (SSSR count). The van der Waals surface area contributed by atoms with E-state index in [0.29, 0.717) is 25.4 Å². The van der Waals surface area contributed by atoms with E-state index in [-0.39, 0.29) is 12.4 Å². The second kappa shape index (κ2) is 6.16. The molecule has 1 aromatic carbocycles. The number of aliphatic carboxylic acids is 1. The lowest BCUT2D eigenvalue weighted by Crippen LogP contribution is -2.31. The molecule has 1 aromatic heterocycles. The minimum Gasteiger partial charge on any atom is -0.481 e. The minimum atomic E-state index is -0.826. The summed E-state index contributed by atoms with van der Waals surface area (Å²) in [5.74, 6) is -1.17. The molecule has 6 heteroatoms. The Bertz CT molecular complexity index is 751. The molecule has 1 N–H and O–H groups in total. The van der Waals surface area contributed by atoms with E-state index in [4.69, 9.17) is 9.84 Å². The summed E-state index contributed by atoms with van der Waals surface area (Å²) in [7, 11) is 0. The number of benzene rings is 1. The van der Waals surface area contributed by atoms with Crippen LogP contribution in [0.3, 0.4) is 0 Å². The van der Waals surface area contributed by atoms with Crippen LogP contribution in [0.5, 0.6) is 0 Å². The third kappa shape index (κ3) is 2.92. The maximum Gasteiger partial charge on any atom is 0.339 e. The number of carbonyl (C=O) groups excluding carboxylic acids is 1. The summed E-state index contributed by atoms with van der Waals surface area (Å²) in [6.45, 7) is 3.04. The van der Waals surface area contributed by atoms with Crippen LogP contribution in [-0.4, -0.2) is 34.8 Å². The zero-order valence-electron chi connectivity index (χ0n) is 12.9. The molecule has 0 saturated carbocycles. The van der Waals surface area contributed by atoms with Crippen molar-refractivity contribution in [3.8, 4) is 11.3 Å². The Balaban J connectivity index is 1.96. The Labute approximate surface area is 133 Å². The van der Waals surface area contributed by atoms with Crippen LogP contribution in [0.1, 0.15) is 23.7 Å². The van der Waals surface area contributed by atoms with Crippen molar-refractivity contribution in [3.05, 3.63) is 42.1 Å². The van der Waals surface area contributed by atoms with E-state index in [0.717, 1.165) is 16.9 Å². The van der Waals surface area contributed by atoms with Crippen molar-refractivity contribution in [2.45, 2.75) is 20.0 Å². The summed E-state index contributed by atoms with van der Waals surface area (Å²) < 4.78 is 7.01. The molecule has 2 aromatic rings. The van der Waals surface area contributed by atoms with E-state index in [1.54, 1.807) is 13.1 Å². The molecule has 1 aliphatic heterocycles. The average Bonchev–Trinajstić information content (AvgIpc) is 2.97. The highest BCUT2D eigenvalue weighted by Crippen LogP contribution is 2.36. The van der Waals surface area contributed by atoms with Crippen LogP contribution in [0, 0.1) is 0 Å². The molecule has 0 fully saturated rings. The van der Waals surface area contributed by atoms with Gasteiger partial charge in [-0.2, -0.15) is 0 Å². The molecule has 0 unspecified atom stereocenters. The zero-order valence-corrected chi connectivity index (χ0v) is 12.9. The molecule has 6 nitrogen and oxygen atoms in total. The van der Waals surface area contributed by atoms with Crippen molar-refractivity contribution in [3.63, 3.8) is 0 Å². The van der Waals surface area contributed by atoms with Gasteiger partial charge >= 0.3 is 11.9 Å². The van der Waals surface area contributed by atoms with Gasteiger partial charge in [0.25, 0.3) is 0 Å². The van der Waals surface area contributed by atoms with Gasteiger partial charge < -0.3 is 19.3 Å². The Morgan fingerprint density at radius 1 is 1.30 bits per heavy atom. The normalized spacial score (nSPS) is 12.5. The van der Waals surface area contributed by atoms with E-state index in [2.05, 4.69) is 0 Å². The fraction of sp³-hybridized carbons (Fsp3) is 0.294. The van der Waals surface area contributed by atoms with Crippen molar-refractivity contribution in [2.24, 2.45) is 0 Å². The predicted molar refractivity (Wildman–Crippen MR) is 85.4 cm³/mol. The summed E-state index contributed by atoms with van der Waals surface area (Å²) in [5, 5.41) is 8.93. The molecule has 0 aliphatic carbocycles. The lowest BCUT2D eigenvalue weighted by Gasteiger charge is -2.32. The second-order valence-electron chi connectivity index (χ2n) is 5.37. The Morgan fingerprint density at radius 2 is 2.09 bits per heavy atom. The molecule has 1 aliphatic rings. The van der Waals surface area contributed by atoms with Gasteiger partial charge in [0.1, 0.15) is 0 Å². The maximum atomic E-state index is 11.9. The first-order chi connectivity index (χ1) is 11.1. The molecule has 0 radical (unpaired) electrons. The Hall–Kier alpha value is -2.76. The third-order valence-corrected chi connectivity index (χ3v) is 3.85. The van der Waals surface area contributed by atoms with Crippen molar-refractivity contribution >= 4 is 17.6 Å². The quantitative estimate of drug-likeness (QED) is 0.859. The van der Waals surface area contributed by atoms with Gasteiger partial charge in [-0.1, -0.05) is 18.2 Å².